The van der Waals surface area contributed by atoms with E-state index in [1.165, 1.54) is 31.4 Å². The minimum atomic E-state index is -0.547. The summed E-state index contributed by atoms with van der Waals surface area (Å²) in [4.78, 5) is 50.2. The summed E-state index contributed by atoms with van der Waals surface area (Å²) >= 11 is 0. The Morgan fingerprint density at radius 3 is 1.93 bits per heavy atom. The Kier molecular flexibility index (Phi) is 4.33. The zero-order valence-electron chi connectivity index (χ0n) is 16.4. The van der Waals surface area contributed by atoms with Crippen molar-refractivity contribution in [1.29, 1.82) is 0 Å². The highest BCUT2D eigenvalue weighted by molar-refractivity contribution is 6.19. The molecule has 1 aliphatic heterocycles. The molecule has 0 radical (unpaired) electrons. The fourth-order valence-corrected chi connectivity index (χ4v) is 6.43. The number of nitrogens with zero attached hydrogens (tertiary/aromatic N) is 1. The summed E-state index contributed by atoms with van der Waals surface area (Å²) in [5.74, 6) is 1.08. The van der Waals surface area contributed by atoms with Gasteiger partial charge in [-0.15, -0.1) is 0 Å². The molecular formula is C23H25NO5. The number of benzene rings is 1. The lowest BCUT2D eigenvalue weighted by Crippen LogP contribution is -2.51. The van der Waals surface area contributed by atoms with Crippen LogP contribution in [0.3, 0.4) is 0 Å². The molecule has 4 saturated carbocycles. The van der Waals surface area contributed by atoms with Crippen molar-refractivity contribution in [2.75, 3.05) is 11.5 Å². The van der Waals surface area contributed by atoms with Crippen molar-refractivity contribution in [3.8, 4) is 0 Å². The fourth-order valence-electron chi connectivity index (χ4n) is 6.43. The van der Waals surface area contributed by atoms with Gasteiger partial charge in [-0.3, -0.25) is 19.3 Å². The van der Waals surface area contributed by atoms with Gasteiger partial charge < -0.3 is 4.74 Å². The fraction of sp³-hybridized carbons (Fsp3) is 0.565. The summed E-state index contributed by atoms with van der Waals surface area (Å²) in [5.41, 5.74) is 0.500. The lowest BCUT2D eigenvalue weighted by molar-refractivity contribution is -0.147. The van der Waals surface area contributed by atoms with Gasteiger partial charge in [0, 0.05) is 18.3 Å². The van der Waals surface area contributed by atoms with Crippen molar-refractivity contribution in [3.05, 3.63) is 29.8 Å². The molecule has 5 aliphatic rings. The summed E-state index contributed by atoms with van der Waals surface area (Å²) in [6.45, 7) is -0.171. The highest BCUT2D eigenvalue weighted by atomic mass is 16.5. The first-order valence-corrected chi connectivity index (χ1v) is 10.6. The first-order chi connectivity index (χ1) is 13.9. The minimum absolute atomic E-state index is 0.0785. The summed E-state index contributed by atoms with van der Waals surface area (Å²) in [5, 5.41) is 0. The van der Waals surface area contributed by atoms with Crippen LogP contribution in [0, 0.1) is 23.2 Å². The smallest absolute Gasteiger partial charge is 0.338 e. The van der Waals surface area contributed by atoms with E-state index in [4.69, 9.17) is 4.74 Å². The van der Waals surface area contributed by atoms with E-state index >= 15 is 0 Å². The van der Waals surface area contributed by atoms with Crippen LogP contribution in [0.1, 0.15) is 61.7 Å². The highest BCUT2D eigenvalue weighted by Gasteiger charge is 2.54. The maximum absolute atomic E-state index is 13.0. The molecule has 0 aromatic heterocycles. The third kappa shape index (κ3) is 3.18. The van der Waals surface area contributed by atoms with E-state index in [2.05, 4.69) is 0 Å². The van der Waals surface area contributed by atoms with Gasteiger partial charge in [0.25, 0.3) is 0 Å². The number of esters is 1. The van der Waals surface area contributed by atoms with Crippen molar-refractivity contribution < 1.29 is 23.9 Å². The topological polar surface area (TPSA) is 80.8 Å². The van der Waals surface area contributed by atoms with Crippen molar-refractivity contribution in [2.24, 2.45) is 23.2 Å². The molecule has 0 unspecified atom stereocenters. The first kappa shape index (κ1) is 18.5. The van der Waals surface area contributed by atoms with Crippen molar-refractivity contribution >= 4 is 29.3 Å². The van der Waals surface area contributed by atoms with E-state index in [1.807, 2.05) is 0 Å². The first-order valence-electron chi connectivity index (χ1n) is 10.6. The van der Waals surface area contributed by atoms with Crippen LogP contribution >= 0.6 is 0 Å². The number of hydrogen-bond acceptors (Lipinski definition) is 5. The van der Waals surface area contributed by atoms with Gasteiger partial charge in [-0.2, -0.15) is 0 Å². The third-order valence-electron chi connectivity index (χ3n) is 7.38. The molecule has 1 aromatic rings. The monoisotopic (exact) mass is 395 g/mol. The van der Waals surface area contributed by atoms with Gasteiger partial charge in [0.2, 0.25) is 11.8 Å². The number of hydrogen-bond donors (Lipinski definition) is 0. The standard InChI is InChI=1S/C23H25NO5/c25-19(23-10-14-7-15(11-23)9-16(8-14)12-23)13-29-22(28)17-1-3-18(4-2-17)24-20(26)5-6-21(24)27/h1-4,14-16H,5-13H2. The number of anilines is 1. The number of carbonyl (C=O) groups excluding carboxylic acids is 4. The Hall–Kier alpha value is -2.50. The van der Waals surface area contributed by atoms with Crippen LogP contribution in [-0.2, 0) is 19.1 Å². The predicted octanol–water partition coefficient (Wildman–Crippen LogP) is 3.28. The van der Waals surface area contributed by atoms with E-state index in [0.29, 0.717) is 29.0 Å². The molecule has 4 bridgehead atoms. The number of amides is 2. The molecule has 6 heteroatoms. The molecule has 6 rings (SSSR count). The molecule has 0 spiro atoms. The number of Topliss-reactive ketones (excluding diaryl/α,β-unsaturated/α-hetero) is 1. The quantitative estimate of drug-likeness (QED) is 0.565. The molecule has 4 aliphatic carbocycles. The van der Waals surface area contributed by atoms with Crippen molar-refractivity contribution in [1.82, 2.24) is 0 Å². The Morgan fingerprint density at radius 2 is 1.41 bits per heavy atom. The van der Waals surface area contributed by atoms with Crippen molar-refractivity contribution in [2.45, 2.75) is 51.4 Å². The Balaban J connectivity index is 1.21. The van der Waals surface area contributed by atoms with Gasteiger partial charge in [0.1, 0.15) is 0 Å². The van der Waals surface area contributed by atoms with E-state index < -0.39 is 5.97 Å². The van der Waals surface area contributed by atoms with Crippen LogP contribution < -0.4 is 4.90 Å². The van der Waals surface area contributed by atoms with Crippen molar-refractivity contribution in [3.63, 3.8) is 0 Å². The van der Waals surface area contributed by atoms with Gasteiger partial charge in [0.05, 0.1) is 11.3 Å². The van der Waals surface area contributed by atoms with Gasteiger partial charge in [-0.05, 0) is 80.5 Å². The summed E-state index contributed by atoms with van der Waals surface area (Å²) in [7, 11) is 0. The van der Waals surface area contributed by atoms with Gasteiger partial charge in [0.15, 0.2) is 12.4 Å². The molecule has 5 fully saturated rings. The zero-order valence-corrected chi connectivity index (χ0v) is 16.4. The third-order valence-corrected chi connectivity index (χ3v) is 7.38. The average molecular weight is 395 g/mol. The Morgan fingerprint density at radius 1 is 0.897 bits per heavy atom. The second-order valence-corrected chi connectivity index (χ2v) is 9.37. The van der Waals surface area contributed by atoms with Crippen LogP contribution in [0.5, 0.6) is 0 Å². The highest BCUT2D eigenvalue weighted by Crippen LogP contribution is 2.60. The van der Waals surface area contributed by atoms with Crippen LogP contribution in [-0.4, -0.2) is 30.2 Å². The summed E-state index contributed by atoms with van der Waals surface area (Å²) in [6.07, 6.45) is 7.11. The van der Waals surface area contributed by atoms with Crippen LogP contribution in [0.4, 0.5) is 5.69 Å². The lowest BCUT2D eigenvalue weighted by Gasteiger charge is -2.55. The van der Waals surface area contributed by atoms with Gasteiger partial charge in [-0.1, -0.05) is 0 Å². The second kappa shape index (κ2) is 6.78. The van der Waals surface area contributed by atoms with Gasteiger partial charge >= 0.3 is 5.97 Å². The lowest BCUT2D eigenvalue weighted by atomic mass is 9.48. The number of rotatable bonds is 5. The average Bonchev–Trinajstić information content (AvgIpc) is 3.03. The largest absolute Gasteiger partial charge is 0.454 e. The number of imide groups is 1. The molecule has 0 atom stereocenters. The van der Waals surface area contributed by atoms with E-state index in [9.17, 15) is 19.2 Å². The van der Waals surface area contributed by atoms with E-state index in [0.717, 1.165) is 24.2 Å². The zero-order chi connectivity index (χ0) is 20.2. The molecule has 1 aromatic carbocycles. The molecule has 1 saturated heterocycles. The maximum atomic E-state index is 13.0. The Labute approximate surface area is 169 Å². The van der Waals surface area contributed by atoms with E-state index in [1.54, 1.807) is 12.1 Å². The molecule has 1 heterocycles. The van der Waals surface area contributed by atoms with Crippen LogP contribution in [0.15, 0.2) is 24.3 Å². The molecule has 29 heavy (non-hydrogen) atoms. The number of ketones is 1. The van der Waals surface area contributed by atoms with Gasteiger partial charge in [-0.25, -0.2) is 4.79 Å². The summed E-state index contributed by atoms with van der Waals surface area (Å²) < 4.78 is 5.35. The normalized spacial score (nSPS) is 32.7. The number of ether oxygens (including phenoxy) is 1. The molecule has 152 valence electrons. The molecular weight excluding hydrogens is 370 g/mol. The number of carbonyl (C=O) groups is 4. The predicted molar refractivity (Wildman–Crippen MR) is 104 cm³/mol. The summed E-state index contributed by atoms with van der Waals surface area (Å²) in [6, 6.07) is 6.20. The maximum Gasteiger partial charge on any atom is 0.338 e. The van der Waals surface area contributed by atoms with Crippen LogP contribution in [0.2, 0.25) is 0 Å². The Bertz CT molecular complexity index is 836. The molecule has 6 nitrogen and oxygen atoms in total. The molecule has 0 N–H and O–H groups in total. The van der Waals surface area contributed by atoms with Crippen LogP contribution in [0.25, 0.3) is 0 Å². The minimum Gasteiger partial charge on any atom is -0.454 e. The molecule has 2 amide bonds. The second-order valence-electron chi connectivity index (χ2n) is 9.37. The SMILES string of the molecule is O=C(OCC(=O)C12CC3CC(CC(C3)C1)C2)c1ccc(N2C(=O)CCC2=O)cc1. The van der Waals surface area contributed by atoms with E-state index in [-0.39, 0.29) is 42.5 Å².